The zero-order chi connectivity index (χ0) is 23.8. The zero-order valence-corrected chi connectivity index (χ0v) is 18.7. The summed E-state index contributed by atoms with van der Waals surface area (Å²) in [4.78, 5) is 42.3. The lowest BCUT2D eigenvalue weighted by molar-refractivity contribution is -0.132. The quantitative estimate of drug-likeness (QED) is 0.581. The summed E-state index contributed by atoms with van der Waals surface area (Å²) in [5.41, 5.74) is 6.41. The monoisotopic (exact) mass is 455 g/mol. The van der Waals surface area contributed by atoms with Crippen molar-refractivity contribution < 1.29 is 23.9 Å². The second-order valence-electron chi connectivity index (χ2n) is 7.39. The molecule has 4 amide bonds. The molecule has 1 aliphatic heterocycles. The van der Waals surface area contributed by atoms with E-state index >= 15 is 0 Å². The van der Waals surface area contributed by atoms with Gasteiger partial charge in [0.2, 0.25) is 0 Å². The van der Waals surface area contributed by atoms with Gasteiger partial charge in [-0.1, -0.05) is 12.1 Å². The number of urea groups is 1. The van der Waals surface area contributed by atoms with Crippen molar-refractivity contribution in [3.63, 3.8) is 0 Å². The first-order valence-corrected chi connectivity index (χ1v) is 10.6. The summed E-state index contributed by atoms with van der Waals surface area (Å²) >= 11 is 0. The third-order valence-electron chi connectivity index (χ3n) is 5.23. The topological polar surface area (TPSA) is 126 Å². The smallest absolute Gasteiger partial charge is 0.323 e. The number of rotatable bonds is 7. The van der Waals surface area contributed by atoms with Gasteiger partial charge in [-0.3, -0.25) is 14.5 Å². The number of nitrogens with zero attached hydrogens (tertiary/aromatic N) is 2. The summed E-state index contributed by atoms with van der Waals surface area (Å²) < 4.78 is 10.4. The van der Waals surface area contributed by atoms with E-state index in [4.69, 9.17) is 15.2 Å². The van der Waals surface area contributed by atoms with Crippen LogP contribution in [0.4, 0.5) is 10.5 Å². The summed E-state index contributed by atoms with van der Waals surface area (Å²) in [6.07, 6.45) is -0.614. The van der Waals surface area contributed by atoms with Gasteiger partial charge in [-0.05, 0) is 36.8 Å². The van der Waals surface area contributed by atoms with Crippen molar-refractivity contribution >= 4 is 23.5 Å². The average molecular weight is 456 g/mol. The highest BCUT2D eigenvalue weighted by atomic mass is 16.5. The Hall–Kier alpha value is -3.79. The molecule has 1 unspecified atom stereocenters. The number of carbonyl (C=O) groups is 3. The third-order valence-corrected chi connectivity index (χ3v) is 5.23. The van der Waals surface area contributed by atoms with Crippen molar-refractivity contribution in [2.75, 3.05) is 45.7 Å². The molecule has 1 heterocycles. The van der Waals surface area contributed by atoms with Gasteiger partial charge in [0.1, 0.15) is 11.5 Å². The minimum atomic E-state index is -1.13. The maximum atomic E-state index is 13.4. The molecule has 2 aromatic carbocycles. The van der Waals surface area contributed by atoms with Crippen LogP contribution in [-0.4, -0.2) is 74.2 Å². The highest BCUT2D eigenvalue weighted by molar-refractivity contribution is 6.00. The van der Waals surface area contributed by atoms with E-state index in [0.29, 0.717) is 42.3 Å². The lowest BCUT2D eigenvalue weighted by Gasteiger charge is -2.42. The van der Waals surface area contributed by atoms with E-state index in [-0.39, 0.29) is 19.0 Å². The lowest BCUT2D eigenvalue weighted by atomic mass is 10.1. The van der Waals surface area contributed by atoms with Crippen molar-refractivity contribution in [1.29, 1.82) is 0 Å². The normalized spacial score (nSPS) is 15.5. The molecule has 0 bridgehead atoms. The predicted molar refractivity (Wildman–Crippen MR) is 123 cm³/mol. The first-order chi connectivity index (χ1) is 16.0. The molecule has 1 saturated heterocycles. The molecular weight excluding hydrogens is 426 g/mol. The Morgan fingerprint density at radius 1 is 1.00 bits per heavy atom. The Bertz CT molecular complexity index is 999. The molecule has 0 aromatic heterocycles. The standard InChI is InChI=1S/C23H29N5O5/c1-32-18-8-3-6-16(14-18)22(30)27-12-5-13-28(21(27)20(29)25-11-10-24)23(31)26-17-7-4-9-19(15-17)33-2/h3-4,6-9,14-15,21H,5,10-13,24H2,1-2H3,(H,25,29)(H,26,31). The number of amides is 4. The van der Waals surface area contributed by atoms with Crippen LogP contribution in [0.2, 0.25) is 0 Å². The summed E-state index contributed by atoms with van der Waals surface area (Å²) in [7, 11) is 3.05. The first-order valence-electron chi connectivity index (χ1n) is 10.6. The van der Waals surface area contributed by atoms with E-state index in [1.54, 1.807) is 48.5 Å². The van der Waals surface area contributed by atoms with E-state index < -0.39 is 18.1 Å². The second kappa shape index (κ2) is 11.2. The third kappa shape index (κ3) is 5.72. The average Bonchev–Trinajstić information content (AvgIpc) is 2.86. The Balaban J connectivity index is 1.88. The van der Waals surface area contributed by atoms with E-state index in [9.17, 15) is 14.4 Å². The molecule has 33 heavy (non-hydrogen) atoms. The molecule has 1 aliphatic rings. The van der Waals surface area contributed by atoms with Crippen LogP contribution in [0.3, 0.4) is 0 Å². The Kier molecular flexibility index (Phi) is 8.09. The number of ether oxygens (including phenoxy) is 2. The van der Waals surface area contributed by atoms with Gasteiger partial charge < -0.3 is 30.7 Å². The molecule has 0 radical (unpaired) electrons. The number of nitrogens with two attached hydrogens (primary N) is 1. The van der Waals surface area contributed by atoms with Crippen LogP contribution in [-0.2, 0) is 4.79 Å². The minimum absolute atomic E-state index is 0.224. The molecule has 0 spiro atoms. The molecule has 1 atom stereocenters. The number of hydrogen-bond acceptors (Lipinski definition) is 6. The molecule has 0 saturated carbocycles. The van der Waals surface area contributed by atoms with Crippen molar-refractivity contribution in [2.45, 2.75) is 12.6 Å². The van der Waals surface area contributed by atoms with Gasteiger partial charge in [-0.2, -0.15) is 0 Å². The largest absolute Gasteiger partial charge is 0.497 e. The van der Waals surface area contributed by atoms with Gasteiger partial charge in [-0.15, -0.1) is 0 Å². The molecule has 1 fully saturated rings. The van der Waals surface area contributed by atoms with Crippen LogP contribution in [0.15, 0.2) is 48.5 Å². The van der Waals surface area contributed by atoms with Gasteiger partial charge in [0.25, 0.3) is 11.8 Å². The van der Waals surface area contributed by atoms with Gasteiger partial charge >= 0.3 is 6.03 Å². The second-order valence-corrected chi connectivity index (χ2v) is 7.39. The molecule has 10 nitrogen and oxygen atoms in total. The van der Waals surface area contributed by atoms with Crippen LogP contribution in [0.25, 0.3) is 0 Å². The van der Waals surface area contributed by atoms with E-state index in [2.05, 4.69) is 10.6 Å². The summed E-state index contributed by atoms with van der Waals surface area (Å²) in [5.74, 6) is 0.256. The Morgan fingerprint density at radius 2 is 1.67 bits per heavy atom. The van der Waals surface area contributed by atoms with Crippen molar-refractivity contribution in [3.8, 4) is 11.5 Å². The number of carbonyl (C=O) groups excluding carboxylic acids is 3. The van der Waals surface area contributed by atoms with Crippen LogP contribution < -0.4 is 25.8 Å². The molecular formula is C23H29N5O5. The van der Waals surface area contributed by atoms with Gasteiger partial charge in [0.05, 0.1) is 14.2 Å². The van der Waals surface area contributed by atoms with E-state index in [0.717, 1.165) is 0 Å². The number of methoxy groups -OCH3 is 2. The molecule has 2 aromatic rings. The first kappa shape index (κ1) is 23.9. The summed E-state index contributed by atoms with van der Waals surface area (Å²) in [5, 5.41) is 5.49. The van der Waals surface area contributed by atoms with Crippen LogP contribution >= 0.6 is 0 Å². The van der Waals surface area contributed by atoms with Crippen LogP contribution in [0.1, 0.15) is 16.8 Å². The molecule has 3 rings (SSSR count). The summed E-state index contributed by atoms with van der Waals surface area (Å²) in [6.45, 7) is 1.08. The van der Waals surface area contributed by atoms with E-state index in [1.165, 1.54) is 24.0 Å². The summed E-state index contributed by atoms with van der Waals surface area (Å²) in [6, 6.07) is 13.1. The van der Waals surface area contributed by atoms with Gasteiger partial charge in [-0.25, -0.2) is 4.79 Å². The van der Waals surface area contributed by atoms with Crippen LogP contribution in [0.5, 0.6) is 11.5 Å². The Labute approximate surface area is 192 Å². The highest BCUT2D eigenvalue weighted by Gasteiger charge is 2.40. The van der Waals surface area contributed by atoms with E-state index in [1.807, 2.05) is 0 Å². The number of anilines is 1. The van der Waals surface area contributed by atoms with Crippen molar-refractivity contribution in [1.82, 2.24) is 15.1 Å². The minimum Gasteiger partial charge on any atom is -0.497 e. The van der Waals surface area contributed by atoms with Crippen LogP contribution in [0, 0.1) is 0 Å². The van der Waals surface area contributed by atoms with Crippen molar-refractivity contribution in [2.24, 2.45) is 5.73 Å². The predicted octanol–water partition coefficient (Wildman–Crippen LogP) is 1.48. The fourth-order valence-corrected chi connectivity index (χ4v) is 3.64. The maximum absolute atomic E-state index is 13.4. The number of benzene rings is 2. The van der Waals surface area contributed by atoms with Gasteiger partial charge in [0, 0.05) is 43.5 Å². The molecule has 176 valence electrons. The SMILES string of the molecule is COc1cccc(NC(=O)N2CCCN(C(=O)c3cccc(OC)c3)C2C(=O)NCCN)c1. The fourth-order valence-electron chi connectivity index (χ4n) is 3.64. The molecule has 10 heteroatoms. The van der Waals surface area contributed by atoms with Crippen molar-refractivity contribution in [3.05, 3.63) is 54.1 Å². The maximum Gasteiger partial charge on any atom is 0.323 e. The zero-order valence-electron chi connectivity index (χ0n) is 18.7. The Morgan fingerprint density at radius 3 is 2.36 bits per heavy atom. The van der Waals surface area contributed by atoms with Gasteiger partial charge in [0.15, 0.2) is 6.17 Å². The number of hydrogen-bond donors (Lipinski definition) is 3. The fraction of sp³-hybridized carbons (Fsp3) is 0.348. The highest BCUT2D eigenvalue weighted by Crippen LogP contribution is 2.23. The molecule has 0 aliphatic carbocycles. The number of nitrogens with one attached hydrogen (secondary N) is 2. The lowest BCUT2D eigenvalue weighted by Crippen LogP contribution is -2.64. The molecule has 4 N–H and O–H groups in total.